The van der Waals surface area contributed by atoms with Gasteiger partial charge in [-0.15, -0.1) is 0 Å². The fourth-order valence-corrected chi connectivity index (χ4v) is 3.42. The van der Waals surface area contributed by atoms with E-state index in [4.69, 9.17) is 15.7 Å². The number of rotatable bonds is 1. The number of benzene rings is 2. The Labute approximate surface area is 148 Å². The van der Waals surface area contributed by atoms with Gasteiger partial charge in [0.25, 0.3) is 0 Å². The number of hydrogen-bond donors (Lipinski definition) is 1. The molecule has 2 aromatic carbocycles. The van der Waals surface area contributed by atoms with Crippen LogP contribution in [0.4, 0.5) is 4.39 Å². The molecule has 0 spiro atoms. The molecule has 4 rings (SSSR count). The van der Waals surface area contributed by atoms with Gasteiger partial charge in [-0.05, 0) is 29.8 Å². The zero-order valence-electron chi connectivity index (χ0n) is 13.8. The summed E-state index contributed by atoms with van der Waals surface area (Å²) in [6.45, 7) is 0. The molecule has 1 aliphatic rings. The van der Waals surface area contributed by atoms with Crippen molar-refractivity contribution in [2.24, 2.45) is 12.8 Å². The van der Waals surface area contributed by atoms with E-state index in [1.54, 1.807) is 6.07 Å². The van der Waals surface area contributed by atoms with E-state index < -0.39 is 11.7 Å². The molecular formula is C20H13FN4O. The smallest absolute Gasteiger partial charge is 0.205 e. The Morgan fingerprint density at radius 3 is 2.69 bits per heavy atom. The van der Waals surface area contributed by atoms with Gasteiger partial charge in [-0.25, -0.2) is 4.39 Å². The number of halogens is 1. The van der Waals surface area contributed by atoms with E-state index in [-0.39, 0.29) is 17.0 Å². The van der Waals surface area contributed by atoms with E-state index >= 15 is 0 Å². The molecule has 0 amide bonds. The van der Waals surface area contributed by atoms with Crippen LogP contribution in [0.3, 0.4) is 0 Å². The number of ether oxygens (including phenoxy) is 1. The van der Waals surface area contributed by atoms with Crippen molar-refractivity contribution in [1.29, 1.82) is 10.5 Å². The summed E-state index contributed by atoms with van der Waals surface area (Å²) in [6, 6.07) is 13.9. The lowest BCUT2D eigenvalue weighted by molar-refractivity contribution is 0.398. The zero-order chi connectivity index (χ0) is 18.4. The Hall–Kier alpha value is -3.77. The van der Waals surface area contributed by atoms with Crippen LogP contribution in [0.2, 0.25) is 0 Å². The molecule has 3 aromatic rings. The summed E-state index contributed by atoms with van der Waals surface area (Å²) in [5.41, 5.74) is 8.51. The maximum atomic E-state index is 13.7. The van der Waals surface area contributed by atoms with E-state index in [9.17, 15) is 9.65 Å². The molecule has 0 unspecified atom stereocenters. The molecule has 0 bridgehead atoms. The molecule has 5 nitrogen and oxygen atoms in total. The third-order valence-corrected chi connectivity index (χ3v) is 4.69. The first kappa shape index (κ1) is 15.7. The van der Waals surface area contributed by atoms with Gasteiger partial charge in [0, 0.05) is 24.2 Å². The molecular weight excluding hydrogens is 331 g/mol. The first-order valence-corrected chi connectivity index (χ1v) is 7.90. The van der Waals surface area contributed by atoms with Crippen molar-refractivity contribution in [3.63, 3.8) is 0 Å². The number of fused-ring (bicyclic) bond motifs is 3. The highest BCUT2D eigenvalue weighted by Gasteiger charge is 2.32. The van der Waals surface area contributed by atoms with Crippen molar-refractivity contribution in [3.05, 3.63) is 76.6 Å². The lowest BCUT2D eigenvalue weighted by Gasteiger charge is -2.27. The van der Waals surface area contributed by atoms with Crippen LogP contribution in [0.25, 0.3) is 10.9 Å². The van der Waals surface area contributed by atoms with Crippen LogP contribution < -0.4 is 10.5 Å². The Bertz CT molecular complexity index is 1180. The van der Waals surface area contributed by atoms with Gasteiger partial charge < -0.3 is 15.0 Å². The van der Waals surface area contributed by atoms with Crippen LogP contribution in [-0.4, -0.2) is 4.57 Å². The SMILES string of the molecule is Cn1ccc2c3c(ccc21)[C@@H](c1ccc(F)c(C#N)c1)C(C#N)=C(N)O3. The van der Waals surface area contributed by atoms with Crippen LogP contribution >= 0.6 is 0 Å². The van der Waals surface area contributed by atoms with Crippen LogP contribution in [0.5, 0.6) is 5.75 Å². The first-order valence-electron chi connectivity index (χ1n) is 7.90. The lowest BCUT2D eigenvalue weighted by atomic mass is 9.82. The third-order valence-electron chi connectivity index (χ3n) is 4.69. The summed E-state index contributed by atoms with van der Waals surface area (Å²) in [5.74, 6) is -0.532. The predicted octanol–water partition coefficient (Wildman–Crippen LogP) is 3.41. The molecule has 0 aliphatic carbocycles. The van der Waals surface area contributed by atoms with E-state index in [1.165, 1.54) is 12.1 Å². The fraction of sp³-hybridized carbons (Fsp3) is 0.100. The molecule has 2 heterocycles. The number of allylic oxidation sites excluding steroid dienone is 1. The summed E-state index contributed by atoms with van der Waals surface area (Å²) in [4.78, 5) is 0. The number of nitriles is 2. The molecule has 0 radical (unpaired) electrons. The van der Waals surface area contributed by atoms with E-state index in [0.29, 0.717) is 11.3 Å². The van der Waals surface area contributed by atoms with Gasteiger partial charge >= 0.3 is 0 Å². The van der Waals surface area contributed by atoms with Crippen LogP contribution in [0.1, 0.15) is 22.6 Å². The van der Waals surface area contributed by atoms with Gasteiger partial charge in [0.05, 0.1) is 17.0 Å². The number of hydrogen-bond acceptors (Lipinski definition) is 4. The van der Waals surface area contributed by atoms with E-state index in [1.807, 2.05) is 42.1 Å². The molecule has 26 heavy (non-hydrogen) atoms. The Kier molecular flexibility index (Phi) is 3.42. The van der Waals surface area contributed by atoms with Crippen LogP contribution in [-0.2, 0) is 7.05 Å². The average molecular weight is 344 g/mol. The molecule has 1 aliphatic heterocycles. The minimum Gasteiger partial charge on any atom is -0.439 e. The largest absolute Gasteiger partial charge is 0.439 e. The monoisotopic (exact) mass is 344 g/mol. The summed E-state index contributed by atoms with van der Waals surface area (Å²) in [5, 5.41) is 19.6. The van der Waals surface area contributed by atoms with Crippen molar-refractivity contribution < 1.29 is 9.13 Å². The molecule has 0 fully saturated rings. The maximum absolute atomic E-state index is 13.7. The first-order chi connectivity index (χ1) is 12.5. The summed E-state index contributed by atoms with van der Waals surface area (Å²) in [7, 11) is 1.92. The fourth-order valence-electron chi connectivity index (χ4n) is 3.42. The number of aryl methyl sites for hydroxylation is 1. The molecule has 1 atom stereocenters. The van der Waals surface area contributed by atoms with Gasteiger partial charge in [-0.1, -0.05) is 12.1 Å². The van der Waals surface area contributed by atoms with Crippen molar-refractivity contribution in [1.82, 2.24) is 4.57 Å². The predicted molar refractivity (Wildman–Crippen MR) is 93.3 cm³/mol. The van der Waals surface area contributed by atoms with Crippen LogP contribution in [0.15, 0.2) is 54.1 Å². The Balaban J connectivity index is 2.01. The molecule has 0 saturated carbocycles. The van der Waals surface area contributed by atoms with Crippen molar-refractivity contribution in [2.75, 3.05) is 0 Å². The minimum absolute atomic E-state index is 0.0178. The third kappa shape index (κ3) is 2.13. The second-order valence-electron chi connectivity index (χ2n) is 6.12. The summed E-state index contributed by atoms with van der Waals surface area (Å²) in [6.07, 6.45) is 1.91. The summed E-state index contributed by atoms with van der Waals surface area (Å²) < 4.78 is 21.5. The van der Waals surface area contributed by atoms with Crippen LogP contribution in [0, 0.1) is 28.5 Å². The number of nitrogens with two attached hydrogens (primary N) is 1. The van der Waals surface area contributed by atoms with E-state index in [2.05, 4.69) is 6.07 Å². The van der Waals surface area contributed by atoms with Gasteiger partial charge in [0.2, 0.25) is 5.88 Å². The maximum Gasteiger partial charge on any atom is 0.205 e. The van der Waals surface area contributed by atoms with Gasteiger partial charge in [0.15, 0.2) is 0 Å². The molecule has 0 saturated heterocycles. The van der Waals surface area contributed by atoms with Gasteiger partial charge in [0.1, 0.15) is 29.3 Å². The zero-order valence-corrected chi connectivity index (χ0v) is 13.8. The van der Waals surface area contributed by atoms with Crippen molar-refractivity contribution in [2.45, 2.75) is 5.92 Å². The highest BCUT2D eigenvalue weighted by molar-refractivity contribution is 5.89. The Morgan fingerprint density at radius 1 is 1.15 bits per heavy atom. The van der Waals surface area contributed by atoms with Crippen molar-refractivity contribution in [3.8, 4) is 17.9 Å². The summed E-state index contributed by atoms with van der Waals surface area (Å²) >= 11 is 0. The Morgan fingerprint density at radius 2 is 1.96 bits per heavy atom. The van der Waals surface area contributed by atoms with Gasteiger partial charge in [-0.3, -0.25) is 0 Å². The molecule has 1 aromatic heterocycles. The normalized spacial score (nSPS) is 15.9. The molecule has 2 N–H and O–H groups in total. The average Bonchev–Trinajstić information content (AvgIpc) is 3.02. The van der Waals surface area contributed by atoms with Crippen molar-refractivity contribution >= 4 is 10.9 Å². The number of aromatic nitrogens is 1. The minimum atomic E-state index is -0.600. The molecule has 6 heteroatoms. The standard InChI is InChI=1S/C20H13FN4O/c1-25-7-6-13-17(25)5-3-14-18(15(10-23)20(24)26-19(13)14)11-2-4-16(21)12(8-11)9-22/h2-8,18H,24H2,1H3/t18-/m1/s1. The quantitative estimate of drug-likeness (QED) is 0.733. The lowest BCUT2D eigenvalue weighted by Crippen LogP contribution is -2.21. The highest BCUT2D eigenvalue weighted by Crippen LogP contribution is 2.45. The highest BCUT2D eigenvalue weighted by atomic mass is 19.1. The number of nitrogens with zero attached hydrogens (tertiary/aromatic N) is 3. The second-order valence-corrected chi connectivity index (χ2v) is 6.12. The molecule has 126 valence electrons. The van der Waals surface area contributed by atoms with Gasteiger partial charge in [-0.2, -0.15) is 10.5 Å². The second kappa shape index (κ2) is 5.65. The topological polar surface area (TPSA) is 87.8 Å². The van der Waals surface area contributed by atoms with E-state index in [0.717, 1.165) is 16.5 Å².